The molecular formula is C18H31F2NO3Si. The number of benzene rings is 1. The molecule has 4 nitrogen and oxygen atoms in total. The Morgan fingerprint density at radius 3 is 2.20 bits per heavy atom. The van der Waals surface area contributed by atoms with Gasteiger partial charge in [-0.2, -0.15) is 8.78 Å². The zero-order valence-corrected chi connectivity index (χ0v) is 16.9. The van der Waals surface area contributed by atoms with Crippen LogP contribution in [0.3, 0.4) is 0 Å². The van der Waals surface area contributed by atoms with Gasteiger partial charge in [-0.1, -0.05) is 32.9 Å². The number of aliphatic hydroxyl groups excluding tert-OH is 1. The first-order chi connectivity index (χ1) is 11.5. The van der Waals surface area contributed by atoms with Crippen LogP contribution in [0.4, 0.5) is 8.78 Å². The van der Waals surface area contributed by atoms with Gasteiger partial charge < -0.3 is 14.3 Å². The van der Waals surface area contributed by atoms with Crippen molar-refractivity contribution in [3.8, 4) is 5.75 Å². The zero-order chi connectivity index (χ0) is 19.1. The first-order valence-electron chi connectivity index (χ1n) is 8.56. The fraction of sp³-hybridized carbons (Fsp3) is 0.667. The van der Waals surface area contributed by atoms with Crippen molar-refractivity contribution in [1.29, 1.82) is 0 Å². The van der Waals surface area contributed by atoms with Crippen LogP contribution in [0.1, 0.15) is 26.3 Å². The number of nitrogens with zero attached hydrogens (tertiary/aromatic N) is 1. The summed E-state index contributed by atoms with van der Waals surface area (Å²) in [6.45, 7) is 10.8. The Morgan fingerprint density at radius 2 is 1.72 bits per heavy atom. The highest BCUT2D eigenvalue weighted by Crippen LogP contribution is 2.36. The lowest BCUT2D eigenvalue weighted by molar-refractivity contribution is -0.0498. The normalized spacial score (nSPS) is 12.9. The van der Waals surface area contributed by atoms with E-state index < -0.39 is 14.9 Å². The Hall–Kier alpha value is -1.02. The maximum atomic E-state index is 12.2. The molecule has 25 heavy (non-hydrogen) atoms. The van der Waals surface area contributed by atoms with E-state index in [1.165, 1.54) is 12.1 Å². The van der Waals surface area contributed by atoms with E-state index in [-0.39, 0.29) is 17.4 Å². The van der Waals surface area contributed by atoms with Crippen LogP contribution in [-0.2, 0) is 11.0 Å². The molecule has 0 atom stereocenters. The second-order valence-electron chi connectivity index (χ2n) is 7.63. The van der Waals surface area contributed by atoms with Crippen molar-refractivity contribution in [3.05, 3.63) is 29.8 Å². The number of alkyl halides is 2. The van der Waals surface area contributed by atoms with Crippen LogP contribution < -0.4 is 4.74 Å². The molecule has 1 aromatic rings. The summed E-state index contributed by atoms with van der Waals surface area (Å²) in [6.07, 6.45) is 0. The highest BCUT2D eigenvalue weighted by Gasteiger charge is 2.36. The van der Waals surface area contributed by atoms with Crippen LogP contribution in [0, 0.1) is 0 Å². The van der Waals surface area contributed by atoms with Gasteiger partial charge in [-0.05, 0) is 35.8 Å². The maximum Gasteiger partial charge on any atom is 0.387 e. The second kappa shape index (κ2) is 9.61. The highest BCUT2D eigenvalue weighted by atomic mass is 28.4. The molecule has 0 radical (unpaired) electrons. The Labute approximate surface area is 150 Å². The van der Waals surface area contributed by atoms with Crippen LogP contribution in [0.5, 0.6) is 5.75 Å². The standard InChI is InChI=1S/C18H31F2NO3Si/c1-18(2,3)25(4,5)23-13-11-21(10-12-22)14-15-6-8-16(9-7-15)24-17(19)20/h6-9,17,22H,10-14H2,1-5H3. The van der Waals surface area contributed by atoms with Gasteiger partial charge in [-0.15, -0.1) is 0 Å². The van der Waals surface area contributed by atoms with Crippen molar-refractivity contribution in [1.82, 2.24) is 4.90 Å². The Balaban J connectivity index is 2.56. The number of halogens is 2. The molecule has 1 N–H and O–H groups in total. The summed E-state index contributed by atoms with van der Waals surface area (Å²) in [5.41, 5.74) is 0.974. The third kappa shape index (κ3) is 7.81. The van der Waals surface area contributed by atoms with Gasteiger partial charge in [0.25, 0.3) is 0 Å². The quantitative estimate of drug-likeness (QED) is 0.625. The van der Waals surface area contributed by atoms with E-state index in [0.29, 0.717) is 26.2 Å². The van der Waals surface area contributed by atoms with Gasteiger partial charge in [-0.25, -0.2) is 0 Å². The van der Waals surface area contributed by atoms with E-state index >= 15 is 0 Å². The van der Waals surface area contributed by atoms with Gasteiger partial charge in [0, 0.05) is 26.2 Å². The van der Waals surface area contributed by atoms with Crippen LogP contribution in [-0.4, -0.2) is 51.2 Å². The van der Waals surface area contributed by atoms with Crippen molar-refractivity contribution in [2.24, 2.45) is 0 Å². The van der Waals surface area contributed by atoms with Gasteiger partial charge in [0.15, 0.2) is 8.32 Å². The lowest BCUT2D eigenvalue weighted by Crippen LogP contribution is -2.43. The maximum absolute atomic E-state index is 12.2. The van der Waals surface area contributed by atoms with E-state index in [1.807, 2.05) is 0 Å². The molecular weight excluding hydrogens is 344 g/mol. The minimum atomic E-state index is -2.82. The summed E-state index contributed by atoms with van der Waals surface area (Å²) in [4.78, 5) is 2.09. The van der Waals surface area contributed by atoms with E-state index in [1.54, 1.807) is 12.1 Å². The summed E-state index contributed by atoms with van der Waals surface area (Å²) in [5, 5.41) is 9.43. The van der Waals surface area contributed by atoms with Crippen LogP contribution in [0.2, 0.25) is 18.1 Å². The van der Waals surface area contributed by atoms with E-state index in [2.05, 4.69) is 43.5 Å². The molecule has 0 aliphatic rings. The SMILES string of the molecule is CC(C)(C)[Si](C)(C)OCCN(CCO)Cc1ccc(OC(F)F)cc1. The van der Waals surface area contributed by atoms with E-state index in [0.717, 1.165) is 5.56 Å². The topological polar surface area (TPSA) is 41.9 Å². The molecule has 0 aliphatic carbocycles. The number of ether oxygens (including phenoxy) is 1. The van der Waals surface area contributed by atoms with Crippen molar-refractivity contribution in [2.75, 3.05) is 26.3 Å². The van der Waals surface area contributed by atoms with Gasteiger partial charge in [0.2, 0.25) is 0 Å². The molecule has 0 bridgehead atoms. The van der Waals surface area contributed by atoms with Gasteiger partial charge in [0.1, 0.15) is 5.75 Å². The Bertz CT molecular complexity index is 504. The molecule has 7 heteroatoms. The molecule has 0 spiro atoms. The van der Waals surface area contributed by atoms with Crippen LogP contribution >= 0.6 is 0 Å². The van der Waals surface area contributed by atoms with Crippen LogP contribution in [0.15, 0.2) is 24.3 Å². The summed E-state index contributed by atoms with van der Waals surface area (Å²) in [5.74, 6) is 0.147. The summed E-state index contributed by atoms with van der Waals surface area (Å²) < 4.78 is 34.9. The van der Waals surface area contributed by atoms with Gasteiger partial charge in [-0.3, -0.25) is 4.90 Å². The molecule has 0 amide bonds. The van der Waals surface area contributed by atoms with E-state index in [4.69, 9.17) is 4.43 Å². The Kier molecular flexibility index (Phi) is 8.47. The molecule has 0 aliphatic heterocycles. The number of hydrogen-bond donors (Lipinski definition) is 1. The molecule has 0 heterocycles. The molecule has 0 unspecified atom stereocenters. The summed E-state index contributed by atoms with van der Waals surface area (Å²) in [7, 11) is -1.79. The van der Waals surface area contributed by atoms with Crippen molar-refractivity contribution in [3.63, 3.8) is 0 Å². The monoisotopic (exact) mass is 375 g/mol. The Morgan fingerprint density at radius 1 is 1.12 bits per heavy atom. The predicted octanol–water partition coefficient (Wildman–Crippen LogP) is 4.10. The third-order valence-corrected chi connectivity index (χ3v) is 9.19. The number of rotatable bonds is 10. The number of hydrogen-bond acceptors (Lipinski definition) is 4. The van der Waals surface area contributed by atoms with Crippen molar-refractivity contribution < 1.29 is 23.1 Å². The molecule has 0 aromatic heterocycles. The minimum Gasteiger partial charge on any atom is -0.435 e. The van der Waals surface area contributed by atoms with Crippen molar-refractivity contribution >= 4 is 8.32 Å². The fourth-order valence-electron chi connectivity index (χ4n) is 2.09. The predicted molar refractivity (Wildman–Crippen MR) is 98.6 cm³/mol. The highest BCUT2D eigenvalue weighted by molar-refractivity contribution is 6.74. The smallest absolute Gasteiger partial charge is 0.387 e. The lowest BCUT2D eigenvalue weighted by Gasteiger charge is -2.36. The molecule has 0 fully saturated rings. The molecule has 1 rings (SSSR count). The lowest BCUT2D eigenvalue weighted by atomic mass is 10.2. The molecule has 0 saturated heterocycles. The van der Waals surface area contributed by atoms with Crippen molar-refractivity contribution in [2.45, 2.75) is 52.1 Å². The summed E-state index contributed by atoms with van der Waals surface area (Å²) >= 11 is 0. The zero-order valence-electron chi connectivity index (χ0n) is 15.9. The van der Waals surface area contributed by atoms with Gasteiger partial charge >= 0.3 is 6.61 Å². The third-order valence-electron chi connectivity index (χ3n) is 4.65. The summed E-state index contributed by atoms with van der Waals surface area (Å²) in [6, 6.07) is 6.59. The average molecular weight is 376 g/mol. The van der Waals surface area contributed by atoms with Gasteiger partial charge in [0.05, 0.1) is 6.61 Å². The molecule has 0 saturated carbocycles. The molecule has 1 aromatic carbocycles. The fourth-order valence-corrected chi connectivity index (χ4v) is 3.13. The second-order valence-corrected chi connectivity index (χ2v) is 12.4. The first-order valence-corrected chi connectivity index (χ1v) is 11.5. The van der Waals surface area contributed by atoms with E-state index in [9.17, 15) is 13.9 Å². The molecule has 144 valence electrons. The first kappa shape index (κ1) is 22.0. The minimum absolute atomic E-state index is 0.0622. The largest absolute Gasteiger partial charge is 0.435 e. The van der Waals surface area contributed by atoms with Crippen LogP contribution in [0.25, 0.3) is 0 Å². The average Bonchev–Trinajstić information content (AvgIpc) is 2.47. The number of aliphatic hydroxyl groups is 1.